The first-order valence-corrected chi connectivity index (χ1v) is 8.28. The number of nitrogens with one attached hydrogen (secondary N) is 2. The average Bonchev–Trinajstić information content (AvgIpc) is 2.87. The molecule has 0 unspecified atom stereocenters. The lowest BCUT2D eigenvalue weighted by Crippen LogP contribution is -2.38. The molecule has 0 saturated carbocycles. The van der Waals surface area contributed by atoms with Crippen LogP contribution in [0.3, 0.4) is 0 Å². The van der Waals surface area contributed by atoms with Crippen LogP contribution in [0.25, 0.3) is 5.78 Å². The smallest absolute Gasteiger partial charge is 0.407 e. The van der Waals surface area contributed by atoms with Crippen LogP contribution in [0.2, 0.25) is 0 Å². The second-order valence-corrected chi connectivity index (χ2v) is 6.90. The van der Waals surface area contributed by atoms with Crippen LogP contribution in [-0.2, 0) is 16.0 Å². The third kappa shape index (κ3) is 5.04. The molecule has 4 N–H and O–H groups in total. The molecule has 2 rings (SSSR count). The minimum absolute atomic E-state index is 0.134. The Morgan fingerprint density at radius 1 is 1.15 bits per heavy atom. The van der Waals surface area contributed by atoms with Gasteiger partial charge in [-0.15, -0.1) is 5.10 Å². The summed E-state index contributed by atoms with van der Waals surface area (Å²) in [5.74, 6) is 0.356. The Balaban J connectivity index is 1.88. The zero-order valence-corrected chi connectivity index (χ0v) is 15.7. The Morgan fingerprint density at radius 3 is 2.46 bits per heavy atom. The predicted molar refractivity (Wildman–Crippen MR) is 95.6 cm³/mol. The van der Waals surface area contributed by atoms with Gasteiger partial charge in [-0.25, -0.2) is 9.78 Å². The minimum Gasteiger partial charge on any atom is -0.444 e. The number of nitrogens with two attached hydrogens (primary N) is 1. The van der Waals surface area contributed by atoms with Gasteiger partial charge in [0.1, 0.15) is 5.60 Å². The van der Waals surface area contributed by atoms with Gasteiger partial charge in [0.05, 0.1) is 6.42 Å². The summed E-state index contributed by atoms with van der Waals surface area (Å²) in [7, 11) is 0. The van der Waals surface area contributed by atoms with Crippen LogP contribution < -0.4 is 16.4 Å². The van der Waals surface area contributed by atoms with Crippen LogP contribution in [0.4, 0.5) is 10.7 Å². The predicted octanol–water partition coefficient (Wildman–Crippen LogP) is 0.507. The van der Waals surface area contributed by atoms with E-state index in [1.165, 1.54) is 4.52 Å². The number of nitrogen functional groups attached to an aromatic ring is 1. The van der Waals surface area contributed by atoms with Crippen molar-refractivity contribution < 1.29 is 14.3 Å². The number of hydrogen-bond donors (Lipinski definition) is 3. The lowest BCUT2D eigenvalue weighted by Gasteiger charge is -2.19. The zero-order chi connectivity index (χ0) is 19.5. The summed E-state index contributed by atoms with van der Waals surface area (Å²) in [6, 6.07) is 0. The number of carbonyl (C=O) groups is 2. The highest BCUT2D eigenvalue weighted by molar-refractivity contribution is 5.79. The number of aryl methyl sites for hydroxylation is 2. The van der Waals surface area contributed by atoms with Gasteiger partial charge in [0.2, 0.25) is 11.9 Å². The minimum atomic E-state index is -0.557. The maximum Gasteiger partial charge on any atom is 0.407 e. The first kappa shape index (κ1) is 19.4. The van der Waals surface area contributed by atoms with Crippen molar-refractivity contribution in [1.82, 2.24) is 30.2 Å². The van der Waals surface area contributed by atoms with Gasteiger partial charge in [-0.1, -0.05) is 0 Å². The van der Waals surface area contributed by atoms with Gasteiger partial charge in [0.15, 0.2) is 0 Å². The van der Waals surface area contributed by atoms with Crippen LogP contribution in [0.15, 0.2) is 0 Å². The summed E-state index contributed by atoms with van der Waals surface area (Å²) >= 11 is 0. The van der Waals surface area contributed by atoms with E-state index in [2.05, 4.69) is 25.7 Å². The van der Waals surface area contributed by atoms with Gasteiger partial charge >= 0.3 is 6.09 Å². The number of aromatic nitrogens is 4. The summed E-state index contributed by atoms with van der Waals surface area (Å²) in [6.45, 7) is 9.57. The molecule has 2 aromatic rings. The number of fused-ring (bicyclic) bond motifs is 1. The normalized spacial score (nSPS) is 11.4. The molecular weight excluding hydrogens is 338 g/mol. The highest BCUT2D eigenvalue weighted by Gasteiger charge is 2.17. The molecule has 26 heavy (non-hydrogen) atoms. The third-order valence-corrected chi connectivity index (χ3v) is 3.52. The Hall–Kier alpha value is -2.91. The number of alkyl carbamates (subject to hydrolysis) is 1. The Labute approximate surface area is 151 Å². The van der Waals surface area contributed by atoms with Crippen molar-refractivity contribution in [2.45, 2.75) is 46.6 Å². The van der Waals surface area contributed by atoms with E-state index in [9.17, 15) is 9.59 Å². The Kier molecular flexibility index (Phi) is 5.63. The molecule has 0 aliphatic heterocycles. The van der Waals surface area contributed by atoms with Gasteiger partial charge in [0, 0.05) is 30.0 Å². The van der Waals surface area contributed by atoms with E-state index in [1.807, 2.05) is 13.8 Å². The van der Waals surface area contributed by atoms with Gasteiger partial charge < -0.3 is 21.1 Å². The molecule has 142 valence electrons. The highest BCUT2D eigenvalue weighted by Crippen LogP contribution is 2.14. The molecule has 10 nitrogen and oxygen atoms in total. The molecule has 0 radical (unpaired) electrons. The Bertz CT molecular complexity index is 823. The van der Waals surface area contributed by atoms with Gasteiger partial charge in [-0.3, -0.25) is 4.79 Å². The van der Waals surface area contributed by atoms with E-state index in [4.69, 9.17) is 10.5 Å². The first-order chi connectivity index (χ1) is 12.1. The summed E-state index contributed by atoms with van der Waals surface area (Å²) in [6.07, 6.45) is -0.371. The molecule has 0 saturated heterocycles. The number of rotatable bonds is 5. The maximum absolute atomic E-state index is 12.2. The van der Waals surface area contributed by atoms with Crippen LogP contribution >= 0.6 is 0 Å². The Morgan fingerprint density at radius 2 is 1.81 bits per heavy atom. The van der Waals surface area contributed by atoms with Crippen molar-refractivity contribution in [3.8, 4) is 0 Å². The lowest BCUT2D eigenvalue weighted by molar-refractivity contribution is -0.120. The first-order valence-electron chi connectivity index (χ1n) is 8.28. The molecule has 2 heterocycles. The number of ether oxygens (including phenoxy) is 1. The lowest BCUT2D eigenvalue weighted by atomic mass is 10.1. The van der Waals surface area contributed by atoms with E-state index in [-0.39, 0.29) is 24.8 Å². The van der Waals surface area contributed by atoms with Crippen LogP contribution in [0.5, 0.6) is 0 Å². The van der Waals surface area contributed by atoms with Gasteiger partial charge in [0.25, 0.3) is 5.78 Å². The van der Waals surface area contributed by atoms with Crippen LogP contribution in [-0.4, -0.2) is 50.3 Å². The van der Waals surface area contributed by atoms with Gasteiger partial charge in [-0.05, 0) is 34.6 Å². The number of carbonyl (C=O) groups excluding carboxylic acids is 2. The topological polar surface area (TPSA) is 137 Å². The van der Waals surface area contributed by atoms with Crippen molar-refractivity contribution in [3.05, 3.63) is 17.0 Å². The number of nitrogens with zero attached hydrogens (tertiary/aromatic N) is 4. The summed E-state index contributed by atoms with van der Waals surface area (Å²) in [5, 5.41) is 9.41. The molecule has 0 aliphatic rings. The quantitative estimate of drug-likeness (QED) is 0.658. The molecule has 0 bridgehead atoms. The molecule has 0 spiro atoms. The number of amides is 2. The van der Waals surface area contributed by atoms with E-state index in [0.717, 1.165) is 11.3 Å². The summed E-state index contributed by atoms with van der Waals surface area (Å²) < 4.78 is 6.64. The SMILES string of the molecule is Cc1nc2nc(N)nn2c(C)c1CC(=O)NCCNC(=O)OC(C)(C)C. The van der Waals surface area contributed by atoms with Crippen molar-refractivity contribution in [2.24, 2.45) is 0 Å². The molecule has 2 amide bonds. The fraction of sp³-hybridized carbons (Fsp3) is 0.562. The summed E-state index contributed by atoms with van der Waals surface area (Å²) in [4.78, 5) is 32.1. The standard InChI is InChI=1S/C16H25N7O3/c1-9-11(10(2)23-14(20-9)21-13(17)22-23)8-12(24)18-6-7-19-15(25)26-16(3,4)5/h6-8H2,1-5H3,(H2,17,22)(H,18,24)(H,19,25). The maximum atomic E-state index is 12.2. The van der Waals surface area contributed by atoms with Crippen molar-refractivity contribution in [3.63, 3.8) is 0 Å². The van der Waals surface area contributed by atoms with Crippen molar-refractivity contribution in [2.75, 3.05) is 18.8 Å². The molecule has 0 aliphatic carbocycles. The molecule has 0 aromatic carbocycles. The zero-order valence-electron chi connectivity index (χ0n) is 15.7. The van der Waals surface area contributed by atoms with E-state index in [1.54, 1.807) is 20.8 Å². The second kappa shape index (κ2) is 7.54. The number of anilines is 1. The molecule has 0 atom stereocenters. The highest BCUT2D eigenvalue weighted by atomic mass is 16.6. The fourth-order valence-corrected chi connectivity index (χ4v) is 2.38. The largest absolute Gasteiger partial charge is 0.444 e. The third-order valence-electron chi connectivity index (χ3n) is 3.52. The van der Waals surface area contributed by atoms with E-state index >= 15 is 0 Å². The molecule has 2 aromatic heterocycles. The van der Waals surface area contributed by atoms with Crippen molar-refractivity contribution >= 4 is 23.7 Å². The van der Waals surface area contributed by atoms with Gasteiger partial charge in [-0.2, -0.15) is 9.50 Å². The van der Waals surface area contributed by atoms with Crippen LogP contribution in [0.1, 0.15) is 37.7 Å². The molecule has 0 fully saturated rings. The van der Waals surface area contributed by atoms with E-state index in [0.29, 0.717) is 18.0 Å². The second-order valence-electron chi connectivity index (χ2n) is 6.90. The number of hydrogen-bond acceptors (Lipinski definition) is 7. The molecule has 10 heteroatoms. The van der Waals surface area contributed by atoms with Crippen LogP contribution in [0, 0.1) is 13.8 Å². The average molecular weight is 363 g/mol. The summed E-state index contributed by atoms with van der Waals surface area (Å²) in [5.41, 5.74) is 7.27. The van der Waals surface area contributed by atoms with Crippen molar-refractivity contribution in [1.29, 1.82) is 0 Å². The van der Waals surface area contributed by atoms with E-state index < -0.39 is 11.7 Å². The monoisotopic (exact) mass is 363 g/mol. The molecular formula is C16H25N7O3. The fourth-order valence-electron chi connectivity index (χ4n) is 2.38.